The molecule has 1 aromatic rings. The van der Waals surface area contributed by atoms with Crippen LogP contribution >= 0.6 is 11.3 Å². The van der Waals surface area contributed by atoms with Crippen LogP contribution in [0.15, 0.2) is 17.5 Å². The summed E-state index contributed by atoms with van der Waals surface area (Å²) in [6.45, 7) is 5.73. The second-order valence-corrected chi connectivity index (χ2v) is 5.93. The van der Waals surface area contributed by atoms with E-state index in [1.807, 2.05) is 18.4 Å². The highest BCUT2D eigenvalue weighted by atomic mass is 32.1. The van der Waals surface area contributed by atoms with Crippen molar-refractivity contribution in [2.45, 2.75) is 32.4 Å². The number of carbonyl (C=O) groups is 1. The number of likely N-dealkylation sites (tertiary alicyclic amines) is 1. The maximum absolute atomic E-state index is 10.6. The molecule has 110 valence electrons. The van der Waals surface area contributed by atoms with Crippen molar-refractivity contribution in [2.75, 3.05) is 19.7 Å². The van der Waals surface area contributed by atoms with Gasteiger partial charge in [-0.2, -0.15) is 0 Å². The molecule has 2 heterocycles. The molecule has 20 heavy (non-hydrogen) atoms. The molecule has 0 aromatic carbocycles. The Bertz CT molecular complexity index is 467. The maximum atomic E-state index is 10.6. The van der Waals surface area contributed by atoms with E-state index in [4.69, 9.17) is 9.84 Å². The molecule has 0 spiro atoms. The van der Waals surface area contributed by atoms with Gasteiger partial charge in [0.2, 0.25) is 0 Å². The summed E-state index contributed by atoms with van der Waals surface area (Å²) >= 11 is 1.68. The van der Waals surface area contributed by atoms with Crippen LogP contribution in [0.25, 0.3) is 6.08 Å². The van der Waals surface area contributed by atoms with Gasteiger partial charge in [0.1, 0.15) is 0 Å². The molecule has 1 aromatic heterocycles. The van der Waals surface area contributed by atoms with Gasteiger partial charge >= 0.3 is 5.97 Å². The number of nitrogens with zero attached hydrogens (tertiary/aromatic N) is 1. The predicted octanol–water partition coefficient (Wildman–Crippen LogP) is 2.85. The molecule has 1 aliphatic heterocycles. The second kappa shape index (κ2) is 7.57. The van der Waals surface area contributed by atoms with Crippen molar-refractivity contribution < 1.29 is 14.6 Å². The lowest BCUT2D eigenvalue weighted by molar-refractivity contribution is -0.131. The van der Waals surface area contributed by atoms with Crippen molar-refractivity contribution >= 4 is 23.4 Å². The van der Waals surface area contributed by atoms with Crippen LogP contribution in [0.4, 0.5) is 0 Å². The first kappa shape index (κ1) is 15.2. The minimum atomic E-state index is -0.906. The summed E-state index contributed by atoms with van der Waals surface area (Å²) in [4.78, 5) is 14.2. The summed E-state index contributed by atoms with van der Waals surface area (Å²) in [7, 11) is 0. The standard InChI is InChI=1S/C15H21NO3S/c1-2-19-13-4-3-8-16(10-13)11-14-12(7-9-20-14)5-6-15(17)18/h5-7,9,13H,2-4,8,10-11H2,1H3,(H,17,18). The number of thiophene rings is 1. The molecule has 0 radical (unpaired) electrons. The van der Waals surface area contributed by atoms with Crippen LogP contribution in [0.3, 0.4) is 0 Å². The van der Waals surface area contributed by atoms with Crippen molar-refractivity contribution in [3.05, 3.63) is 28.0 Å². The zero-order chi connectivity index (χ0) is 14.4. The number of hydrogen-bond donors (Lipinski definition) is 1. The van der Waals surface area contributed by atoms with Gasteiger partial charge in [0, 0.05) is 30.6 Å². The fourth-order valence-corrected chi connectivity index (χ4v) is 3.43. The van der Waals surface area contributed by atoms with Gasteiger partial charge < -0.3 is 9.84 Å². The van der Waals surface area contributed by atoms with E-state index in [1.54, 1.807) is 17.4 Å². The Morgan fingerprint density at radius 3 is 3.25 bits per heavy atom. The summed E-state index contributed by atoms with van der Waals surface area (Å²) in [6, 6.07) is 1.98. The number of carboxylic acids is 1. The first-order valence-corrected chi connectivity index (χ1v) is 7.88. The van der Waals surface area contributed by atoms with Crippen LogP contribution in [0.2, 0.25) is 0 Å². The van der Waals surface area contributed by atoms with Crippen LogP contribution in [0, 0.1) is 0 Å². The number of carboxylic acid groups (broad SMARTS) is 1. The summed E-state index contributed by atoms with van der Waals surface area (Å²) in [5.41, 5.74) is 1.01. The molecule has 0 saturated carbocycles. The molecule has 1 N–H and O–H groups in total. The van der Waals surface area contributed by atoms with E-state index in [0.29, 0.717) is 6.10 Å². The number of piperidine rings is 1. The van der Waals surface area contributed by atoms with Crippen LogP contribution < -0.4 is 0 Å². The molecule has 1 fully saturated rings. The fraction of sp³-hybridized carbons (Fsp3) is 0.533. The fourth-order valence-electron chi connectivity index (χ4n) is 2.52. The number of hydrogen-bond acceptors (Lipinski definition) is 4. The summed E-state index contributed by atoms with van der Waals surface area (Å²) in [6.07, 6.45) is 5.52. The van der Waals surface area contributed by atoms with E-state index in [2.05, 4.69) is 4.90 Å². The van der Waals surface area contributed by atoms with Crippen molar-refractivity contribution in [1.82, 2.24) is 4.90 Å². The molecule has 1 atom stereocenters. The minimum Gasteiger partial charge on any atom is -0.478 e. The van der Waals surface area contributed by atoms with Gasteiger partial charge in [0.25, 0.3) is 0 Å². The zero-order valence-electron chi connectivity index (χ0n) is 11.7. The van der Waals surface area contributed by atoms with Gasteiger partial charge in [0.15, 0.2) is 0 Å². The summed E-state index contributed by atoms with van der Waals surface area (Å²) in [5, 5.41) is 10.7. The highest BCUT2D eigenvalue weighted by molar-refractivity contribution is 7.10. The van der Waals surface area contributed by atoms with Crippen LogP contribution in [0.5, 0.6) is 0 Å². The Morgan fingerprint density at radius 2 is 2.50 bits per heavy atom. The monoisotopic (exact) mass is 295 g/mol. The Labute approximate surface area is 123 Å². The molecule has 2 rings (SSSR count). The normalized spacial score (nSPS) is 20.6. The van der Waals surface area contributed by atoms with E-state index >= 15 is 0 Å². The largest absolute Gasteiger partial charge is 0.478 e. The summed E-state index contributed by atoms with van der Waals surface area (Å²) < 4.78 is 5.71. The molecule has 1 saturated heterocycles. The van der Waals surface area contributed by atoms with E-state index in [1.165, 1.54) is 11.0 Å². The quantitative estimate of drug-likeness (QED) is 0.820. The topological polar surface area (TPSA) is 49.8 Å². The van der Waals surface area contributed by atoms with Crippen molar-refractivity contribution in [3.8, 4) is 0 Å². The highest BCUT2D eigenvalue weighted by Crippen LogP contribution is 2.23. The van der Waals surface area contributed by atoms with E-state index < -0.39 is 5.97 Å². The summed E-state index contributed by atoms with van der Waals surface area (Å²) in [5.74, 6) is -0.906. The Hall–Kier alpha value is -1.17. The first-order chi connectivity index (χ1) is 9.69. The van der Waals surface area contributed by atoms with Crippen LogP contribution in [0.1, 0.15) is 30.2 Å². The third kappa shape index (κ3) is 4.44. The van der Waals surface area contributed by atoms with Crippen molar-refractivity contribution in [2.24, 2.45) is 0 Å². The van der Waals surface area contributed by atoms with Gasteiger partial charge in [-0.3, -0.25) is 4.90 Å². The Morgan fingerprint density at radius 1 is 1.65 bits per heavy atom. The minimum absolute atomic E-state index is 0.340. The van der Waals surface area contributed by atoms with Gasteiger partial charge in [-0.1, -0.05) is 0 Å². The average Bonchev–Trinajstić information content (AvgIpc) is 2.84. The Balaban J connectivity index is 1.96. The van der Waals surface area contributed by atoms with Crippen LogP contribution in [-0.4, -0.2) is 41.8 Å². The van der Waals surface area contributed by atoms with Gasteiger partial charge in [0.05, 0.1) is 6.10 Å². The molecule has 0 amide bonds. The molecular weight excluding hydrogens is 274 g/mol. The average molecular weight is 295 g/mol. The van der Waals surface area contributed by atoms with Crippen molar-refractivity contribution in [3.63, 3.8) is 0 Å². The third-order valence-corrected chi connectivity index (χ3v) is 4.34. The molecule has 4 nitrogen and oxygen atoms in total. The highest BCUT2D eigenvalue weighted by Gasteiger charge is 2.20. The zero-order valence-corrected chi connectivity index (χ0v) is 12.6. The van der Waals surface area contributed by atoms with Crippen molar-refractivity contribution in [1.29, 1.82) is 0 Å². The van der Waals surface area contributed by atoms with Gasteiger partial charge in [-0.05, 0) is 49.4 Å². The third-order valence-electron chi connectivity index (χ3n) is 3.42. The lowest BCUT2D eigenvalue weighted by Crippen LogP contribution is -2.39. The SMILES string of the molecule is CCOC1CCCN(Cc2sccc2C=CC(=O)O)C1. The maximum Gasteiger partial charge on any atom is 0.328 e. The van der Waals surface area contributed by atoms with E-state index in [0.717, 1.165) is 44.6 Å². The van der Waals surface area contributed by atoms with E-state index in [9.17, 15) is 4.79 Å². The van der Waals surface area contributed by atoms with E-state index in [-0.39, 0.29) is 0 Å². The number of ether oxygens (including phenoxy) is 1. The predicted molar refractivity (Wildman–Crippen MR) is 80.9 cm³/mol. The first-order valence-electron chi connectivity index (χ1n) is 7.00. The molecule has 1 aliphatic rings. The molecule has 5 heteroatoms. The molecular formula is C15H21NO3S. The number of rotatable bonds is 6. The molecule has 0 bridgehead atoms. The van der Waals surface area contributed by atoms with Crippen LogP contribution in [-0.2, 0) is 16.1 Å². The van der Waals surface area contributed by atoms with Gasteiger partial charge in [-0.25, -0.2) is 4.79 Å². The Kier molecular flexibility index (Phi) is 5.76. The molecule has 1 unspecified atom stereocenters. The lowest BCUT2D eigenvalue weighted by atomic mass is 10.1. The second-order valence-electron chi connectivity index (χ2n) is 4.93. The smallest absolute Gasteiger partial charge is 0.328 e. The molecule has 0 aliphatic carbocycles. The van der Waals surface area contributed by atoms with Gasteiger partial charge in [-0.15, -0.1) is 11.3 Å². The lowest BCUT2D eigenvalue weighted by Gasteiger charge is -2.32. The number of aliphatic carboxylic acids is 1.